The lowest BCUT2D eigenvalue weighted by Gasteiger charge is -2.35. The molecule has 2 N–H and O–H groups in total. The summed E-state index contributed by atoms with van der Waals surface area (Å²) in [6.45, 7) is 8.22. The lowest BCUT2D eigenvalue weighted by Crippen LogP contribution is -2.47. The summed E-state index contributed by atoms with van der Waals surface area (Å²) in [7, 11) is 0. The van der Waals surface area contributed by atoms with Gasteiger partial charge in [-0.15, -0.1) is 0 Å². The molecule has 0 aromatic heterocycles. The fourth-order valence-corrected chi connectivity index (χ4v) is 3.41. The second-order valence-corrected chi connectivity index (χ2v) is 6.90. The molecule has 0 radical (unpaired) electrons. The van der Waals surface area contributed by atoms with Crippen molar-refractivity contribution in [2.45, 2.75) is 58.1 Å². The van der Waals surface area contributed by atoms with Crippen LogP contribution >= 0.6 is 0 Å². The lowest BCUT2D eigenvalue weighted by molar-refractivity contribution is -0.123. The first-order valence-electron chi connectivity index (χ1n) is 7.61. The Balaban J connectivity index is 1.78. The third-order valence-corrected chi connectivity index (χ3v) is 4.95. The van der Waals surface area contributed by atoms with Crippen molar-refractivity contribution in [3.8, 4) is 0 Å². The summed E-state index contributed by atoms with van der Waals surface area (Å²) in [6, 6.07) is 0.333. The van der Waals surface area contributed by atoms with Crippen LogP contribution in [0.2, 0.25) is 0 Å². The predicted molar refractivity (Wildman–Crippen MR) is 75.8 cm³/mol. The molecule has 0 aromatic rings. The number of nitrogens with one attached hydrogen (secondary N) is 1. The predicted octanol–water partition coefficient (Wildman–Crippen LogP) is 1.38. The third kappa shape index (κ3) is 3.93. The molecular weight excluding hydrogens is 240 g/mol. The van der Waals surface area contributed by atoms with Gasteiger partial charge >= 0.3 is 0 Å². The van der Waals surface area contributed by atoms with Crippen LogP contribution in [0.15, 0.2) is 0 Å². The zero-order valence-corrected chi connectivity index (χ0v) is 12.5. The van der Waals surface area contributed by atoms with Crippen LogP contribution in [0.3, 0.4) is 0 Å². The fourth-order valence-electron chi connectivity index (χ4n) is 3.41. The van der Waals surface area contributed by atoms with Gasteiger partial charge in [0, 0.05) is 19.1 Å². The number of amides is 1. The highest BCUT2D eigenvalue weighted by Gasteiger charge is 2.33. The number of rotatable bonds is 3. The number of likely N-dealkylation sites (tertiary alicyclic amines) is 1. The summed E-state index contributed by atoms with van der Waals surface area (Å²) in [6.07, 6.45) is 4.36. The van der Waals surface area contributed by atoms with E-state index in [0.717, 1.165) is 19.4 Å². The van der Waals surface area contributed by atoms with E-state index in [1.165, 1.54) is 12.8 Å². The molecule has 1 heterocycles. The maximum Gasteiger partial charge on any atom is 0.234 e. The van der Waals surface area contributed by atoms with Gasteiger partial charge in [-0.3, -0.25) is 9.69 Å². The Labute approximate surface area is 116 Å². The van der Waals surface area contributed by atoms with E-state index in [9.17, 15) is 9.90 Å². The van der Waals surface area contributed by atoms with Gasteiger partial charge in [0.15, 0.2) is 0 Å². The average Bonchev–Trinajstić information content (AvgIpc) is 2.64. The van der Waals surface area contributed by atoms with Crippen molar-refractivity contribution >= 4 is 5.91 Å². The normalized spacial score (nSPS) is 40.3. The molecule has 0 spiro atoms. The molecule has 1 aliphatic carbocycles. The number of β-amino-alcohol motifs (C(OH)–C–C–N with tert-alkyl or cyclic N) is 1. The standard InChI is InChI=1S/C15H28N2O2/c1-11-5-4-6-13(12(11)2)16-14(18)9-17-8-7-15(3,19)10-17/h11-13,19H,4-10H2,1-3H3,(H,16,18). The van der Waals surface area contributed by atoms with Crippen molar-refractivity contribution in [2.75, 3.05) is 19.6 Å². The molecule has 110 valence electrons. The van der Waals surface area contributed by atoms with Gasteiger partial charge in [0.05, 0.1) is 12.1 Å². The van der Waals surface area contributed by atoms with E-state index in [4.69, 9.17) is 0 Å². The van der Waals surface area contributed by atoms with E-state index in [0.29, 0.717) is 31.0 Å². The molecule has 4 unspecified atom stereocenters. The summed E-state index contributed by atoms with van der Waals surface area (Å²) < 4.78 is 0. The van der Waals surface area contributed by atoms with Crippen LogP contribution in [0.4, 0.5) is 0 Å². The highest BCUT2D eigenvalue weighted by Crippen LogP contribution is 2.29. The van der Waals surface area contributed by atoms with E-state index in [2.05, 4.69) is 19.2 Å². The van der Waals surface area contributed by atoms with Gasteiger partial charge in [0.1, 0.15) is 0 Å². The van der Waals surface area contributed by atoms with Crippen molar-refractivity contribution in [1.82, 2.24) is 10.2 Å². The van der Waals surface area contributed by atoms with Gasteiger partial charge in [-0.1, -0.05) is 26.7 Å². The molecule has 4 heteroatoms. The number of carbonyl (C=O) groups excluding carboxylic acids is 1. The number of aliphatic hydroxyl groups is 1. The third-order valence-electron chi connectivity index (χ3n) is 4.95. The summed E-state index contributed by atoms with van der Waals surface area (Å²) in [4.78, 5) is 14.1. The molecule has 0 aromatic carbocycles. The van der Waals surface area contributed by atoms with Gasteiger partial charge in [0.2, 0.25) is 5.91 Å². The van der Waals surface area contributed by atoms with E-state index < -0.39 is 5.60 Å². The van der Waals surface area contributed by atoms with E-state index in [-0.39, 0.29) is 5.91 Å². The Bertz CT molecular complexity index is 330. The number of nitrogens with zero attached hydrogens (tertiary/aromatic N) is 1. The highest BCUT2D eigenvalue weighted by atomic mass is 16.3. The summed E-state index contributed by atoms with van der Waals surface area (Å²) >= 11 is 0. The summed E-state index contributed by atoms with van der Waals surface area (Å²) in [5, 5.41) is 13.1. The molecule has 2 aliphatic rings. The zero-order chi connectivity index (χ0) is 14.0. The second-order valence-electron chi connectivity index (χ2n) is 6.90. The van der Waals surface area contributed by atoms with Gasteiger partial charge in [-0.25, -0.2) is 0 Å². The molecule has 1 amide bonds. The maximum atomic E-state index is 12.1. The zero-order valence-electron chi connectivity index (χ0n) is 12.5. The van der Waals surface area contributed by atoms with Gasteiger partial charge < -0.3 is 10.4 Å². The molecule has 4 nitrogen and oxygen atoms in total. The van der Waals surface area contributed by atoms with Gasteiger partial charge in [0.25, 0.3) is 0 Å². The van der Waals surface area contributed by atoms with Crippen molar-refractivity contribution in [3.05, 3.63) is 0 Å². The van der Waals surface area contributed by atoms with Crippen molar-refractivity contribution in [1.29, 1.82) is 0 Å². The van der Waals surface area contributed by atoms with Crippen LogP contribution in [-0.4, -0.2) is 47.2 Å². The first-order valence-corrected chi connectivity index (χ1v) is 7.61. The number of hydrogen-bond donors (Lipinski definition) is 2. The number of carbonyl (C=O) groups is 1. The van der Waals surface area contributed by atoms with Crippen molar-refractivity contribution in [3.63, 3.8) is 0 Å². The van der Waals surface area contributed by atoms with Crippen molar-refractivity contribution in [2.24, 2.45) is 11.8 Å². The molecule has 0 bridgehead atoms. The maximum absolute atomic E-state index is 12.1. The molecule has 1 aliphatic heterocycles. The van der Waals surface area contributed by atoms with E-state index in [1.54, 1.807) is 0 Å². The minimum atomic E-state index is -0.618. The molecular formula is C15H28N2O2. The SMILES string of the molecule is CC1CCCC(NC(=O)CN2CCC(C)(O)C2)C1C. The number of hydrogen-bond acceptors (Lipinski definition) is 3. The Kier molecular flexibility index (Phi) is 4.51. The lowest BCUT2D eigenvalue weighted by atomic mass is 9.78. The van der Waals surface area contributed by atoms with E-state index >= 15 is 0 Å². The first-order chi connectivity index (χ1) is 8.87. The molecule has 4 atom stereocenters. The van der Waals surface area contributed by atoms with Crippen LogP contribution in [0, 0.1) is 11.8 Å². The topological polar surface area (TPSA) is 52.6 Å². The smallest absolute Gasteiger partial charge is 0.234 e. The quantitative estimate of drug-likeness (QED) is 0.813. The largest absolute Gasteiger partial charge is 0.389 e. The highest BCUT2D eigenvalue weighted by molar-refractivity contribution is 5.78. The van der Waals surface area contributed by atoms with Crippen LogP contribution in [-0.2, 0) is 4.79 Å². The minimum absolute atomic E-state index is 0.114. The van der Waals surface area contributed by atoms with Crippen LogP contribution < -0.4 is 5.32 Å². The molecule has 1 saturated carbocycles. The van der Waals surface area contributed by atoms with Crippen LogP contribution in [0.25, 0.3) is 0 Å². The summed E-state index contributed by atoms with van der Waals surface area (Å²) in [5.41, 5.74) is -0.618. The van der Waals surface area contributed by atoms with Gasteiger partial charge in [-0.05, 0) is 31.6 Å². The minimum Gasteiger partial charge on any atom is -0.389 e. The first kappa shape index (κ1) is 14.8. The molecule has 1 saturated heterocycles. The second kappa shape index (κ2) is 5.80. The Morgan fingerprint density at radius 2 is 2.16 bits per heavy atom. The van der Waals surface area contributed by atoms with Crippen molar-refractivity contribution < 1.29 is 9.90 Å². The summed E-state index contributed by atoms with van der Waals surface area (Å²) in [5.74, 6) is 1.38. The van der Waals surface area contributed by atoms with Crippen LogP contribution in [0.1, 0.15) is 46.5 Å². The fraction of sp³-hybridized carbons (Fsp3) is 0.933. The van der Waals surface area contributed by atoms with Gasteiger partial charge in [-0.2, -0.15) is 0 Å². The van der Waals surface area contributed by atoms with E-state index in [1.807, 2.05) is 11.8 Å². The Morgan fingerprint density at radius 3 is 2.79 bits per heavy atom. The Morgan fingerprint density at radius 1 is 1.42 bits per heavy atom. The Hall–Kier alpha value is -0.610. The monoisotopic (exact) mass is 268 g/mol. The molecule has 2 rings (SSSR count). The average molecular weight is 268 g/mol. The molecule has 2 fully saturated rings. The molecule has 19 heavy (non-hydrogen) atoms. The van der Waals surface area contributed by atoms with Crippen LogP contribution in [0.5, 0.6) is 0 Å².